The van der Waals surface area contributed by atoms with Gasteiger partial charge in [0.15, 0.2) is 12.3 Å². The summed E-state index contributed by atoms with van der Waals surface area (Å²) in [5.74, 6) is 0.865. The van der Waals surface area contributed by atoms with Crippen molar-refractivity contribution in [3.8, 4) is 5.75 Å². The number of hydrogen-bond donors (Lipinski definition) is 0. The number of methoxy groups -OCH3 is 1. The quantitative estimate of drug-likeness (QED) is 0.324. The van der Waals surface area contributed by atoms with Crippen molar-refractivity contribution in [2.24, 2.45) is 0 Å². The van der Waals surface area contributed by atoms with E-state index in [1.807, 2.05) is 18.2 Å². The molecule has 1 aliphatic carbocycles. The van der Waals surface area contributed by atoms with E-state index in [-0.39, 0.29) is 6.04 Å². The molecule has 1 aromatic heterocycles. The Morgan fingerprint density at radius 3 is 2.57 bits per heavy atom. The highest BCUT2D eigenvalue weighted by atomic mass is 32.2. The number of ether oxygens (including phenoxy) is 1. The summed E-state index contributed by atoms with van der Waals surface area (Å²) < 4.78 is 7.54. The average molecular weight is 348 g/mol. The van der Waals surface area contributed by atoms with Crippen molar-refractivity contribution in [1.82, 2.24) is 0 Å². The molecule has 1 aromatic carbocycles. The molecule has 0 amide bonds. The minimum atomic E-state index is 0.170. The third-order valence-electron chi connectivity index (χ3n) is 4.07. The van der Waals surface area contributed by atoms with Gasteiger partial charge < -0.3 is 9.94 Å². The van der Waals surface area contributed by atoms with E-state index in [2.05, 4.69) is 18.2 Å². The average Bonchev–Trinajstić information content (AvgIpc) is 3.03. The van der Waals surface area contributed by atoms with Gasteiger partial charge in [-0.05, 0) is 49.2 Å². The summed E-state index contributed by atoms with van der Waals surface area (Å²) in [6.45, 7) is 0. The number of nitrogens with zero attached hydrogens (tertiary/aromatic N) is 1. The Morgan fingerprint density at radius 2 is 1.87 bits per heavy atom. The Bertz CT molecular complexity index is 658. The lowest BCUT2D eigenvalue weighted by Gasteiger charge is -2.20. The van der Waals surface area contributed by atoms with Crippen LogP contribution in [0.25, 0.3) is 0 Å². The minimum absolute atomic E-state index is 0.170. The first kappa shape index (κ1) is 16.4. The van der Waals surface area contributed by atoms with Crippen LogP contribution in [0.3, 0.4) is 0 Å². The van der Waals surface area contributed by atoms with Crippen molar-refractivity contribution in [3.63, 3.8) is 0 Å². The second-order valence-corrected chi connectivity index (χ2v) is 8.20. The van der Waals surface area contributed by atoms with Gasteiger partial charge in [-0.2, -0.15) is 0 Å². The Morgan fingerprint density at radius 1 is 1.13 bits per heavy atom. The van der Waals surface area contributed by atoms with Crippen molar-refractivity contribution in [2.45, 2.75) is 47.3 Å². The van der Waals surface area contributed by atoms with Crippen LogP contribution in [0.15, 0.2) is 45.5 Å². The van der Waals surface area contributed by atoms with Crippen LogP contribution in [0.5, 0.6) is 5.75 Å². The molecule has 1 aliphatic rings. The predicted molar refractivity (Wildman–Crippen MR) is 97.1 cm³/mol. The van der Waals surface area contributed by atoms with E-state index in [1.165, 1.54) is 33.1 Å². The summed E-state index contributed by atoms with van der Waals surface area (Å²) in [6, 6.07) is 12.3. The van der Waals surface area contributed by atoms with Gasteiger partial charge in [0.1, 0.15) is 5.75 Å². The summed E-state index contributed by atoms with van der Waals surface area (Å²) in [4.78, 5) is 2.20. The molecule has 3 nitrogen and oxygen atoms in total. The normalized spacial score (nSPS) is 16.5. The lowest BCUT2D eigenvalue weighted by atomic mass is 9.96. The smallest absolute Gasteiger partial charge is 0.192 e. The number of benzene rings is 1. The molecule has 1 fully saturated rings. The SMILES string of the molecule is COc1ccc(Sc2ccc(C=[N+]([O-])C3CCCCC3)s2)cc1. The molecular weight excluding hydrogens is 326 g/mol. The second-order valence-electron chi connectivity index (χ2n) is 5.72. The van der Waals surface area contributed by atoms with Crippen LogP contribution < -0.4 is 4.74 Å². The van der Waals surface area contributed by atoms with E-state index in [9.17, 15) is 5.21 Å². The maximum atomic E-state index is 12.3. The fourth-order valence-electron chi connectivity index (χ4n) is 2.78. The number of thiophene rings is 1. The Kier molecular flexibility index (Phi) is 5.62. The fourth-order valence-corrected chi connectivity index (χ4v) is 4.83. The van der Waals surface area contributed by atoms with Crippen molar-refractivity contribution < 1.29 is 9.48 Å². The highest BCUT2D eigenvalue weighted by Gasteiger charge is 2.19. The first-order chi connectivity index (χ1) is 11.2. The van der Waals surface area contributed by atoms with E-state index in [0.717, 1.165) is 23.5 Å². The largest absolute Gasteiger partial charge is 0.624 e. The molecule has 1 saturated carbocycles. The van der Waals surface area contributed by atoms with Gasteiger partial charge in [0.05, 0.1) is 16.2 Å². The lowest BCUT2D eigenvalue weighted by Crippen LogP contribution is -2.25. The lowest BCUT2D eigenvalue weighted by molar-refractivity contribution is -0.500. The molecule has 0 unspecified atom stereocenters. The molecule has 122 valence electrons. The van der Waals surface area contributed by atoms with E-state index < -0.39 is 0 Å². The zero-order chi connectivity index (χ0) is 16.1. The van der Waals surface area contributed by atoms with Gasteiger partial charge in [0.2, 0.25) is 0 Å². The minimum Gasteiger partial charge on any atom is -0.624 e. The highest BCUT2D eigenvalue weighted by molar-refractivity contribution is 8.01. The Labute approximate surface area is 145 Å². The van der Waals surface area contributed by atoms with Gasteiger partial charge >= 0.3 is 0 Å². The number of hydrogen-bond acceptors (Lipinski definition) is 4. The van der Waals surface area contributed by atoms with E-state index in [4.69, 9.17) is 4.74 Å². The monoisotopic (exact) mass is 347 g/mol. The topological polar surface area (TPSA) is 35.3 Å². The Balaban J connectivity index is 1.64. The van der Waals surface area contributed by atoms with Crippen LogP contribution in [-0.2, 0) is 0 Å². The molecule has 0 radical (unpaired) electrons. The third kappa shape index (κ3) is 4.52. The van der Waals surface area contributed by atoms with E-state index >= 15 is 0 Å². The second kappa shape index (κ2) is 7.88. The van der Waals surface area contributed by atoms with Crippen LogP contribution in [0.4, 0.5) is 0 Å². The van der Waals surface area contributed by atoms with Crippen LogP contribution in [0, 0.1) is 5.21 Å². The van der Waals surface area contributed by atoms with Gasteiger partial charge in [-0.25, -0.2) is 4.74 Å². The van der Waals surface area contributed by atoms with Crippen LogP contribution in [-0.4, -0.2) is 24.1 Å². The van der Waals surface area contributed by atoms with Crippen molar-refractivity contribution >= 4 is 29.3 Å². The summed E-state index contributed by atoms with van der Waals surface area (Å²) >= 11 is 3.38. The fraction of sp³-hybridized carbons (Fsp3) is 0.389. The molecule has 0 spiro atoms. The summed E-state index contributed by atoms with van der Waals surface area (Å²) in [5.41, 5.74) is 0. The predicted octanol–water partition coefficient (Wildman–Crippen LogP) is 5.17. The molecular formula is C18H21NO2S2. The summed E-state index contributed by atoms with van der Waals surface area (Å²) in [7, 11) is 1.67. The molecule has 0 saturated heterocycles. The van der Waals surface area contributed by atoms with Gasteiger partial charge in [0, 0.05) is 17.7 Å². The zero-order valence-electron chi connectivity index (χ0n) is 13.2. The summed E-state index contributed by atoms with van der Waals surface area (Å²) in [5, 5.41) is 12.3. The molecule has 3 rings (SSSR count). The summed E-state index contributed by atoms with van der Waals surface area (Å²) in [6.07, 6.45) is 7.45. The number of rotatable bonds is 5. The molecule has 0 N–H and O–H groups in total. The standard InChI is InChI=1S/C18H21NO2S2/c1-21-15-7-9-16(10-8-15)22-18-12-11-17(23-18)13-19(20)14-5-3-2-4-6-14/h7-14H,2-6H2,1H3. The Hall–Kier alpha value is -1.46. The van der Waals surface area contributed by atoms with Gasteiger partial charge in [-0.15, -0.1) is 11.3 Å². The molecule has 0 aliphatic heterocycles. The highest BCUT2D eigenvalue weighted by Crippen LogP contribution is 2.33. The molecule has 0 atom stereocenters. The van der Waals surface area contributed by atoms with Crippen molar-refractivity contribution in [2.75, 3.05) is 7.11 Å². The van der Waals surface area contributed by atoms with E-state index in [0.29, 0.717) is 0 Å². The van der Waals surface area contributed by atoms with Gasteiger partial charge in [-0.3, -0.25) is 0 Å². The van der Waals surface area contributed by atoms with E-state index in [1.54, 1.807) is 36.4 Å². The molecule has 0 bridgehead atoms. The van der Waals surface area contributed by atoms with Crippen molar-refractivity contribution in [1.29, 1.82) is 0 Å². The zero-order valence-corrected chi connectivity index (χ0v) is 14.9. The maximum Gasteiger partial charge on any atom is 0.192 e. The molecule has 2 aromatic rings. The molecule has 23 heavy (non-hydrogen) atoms. The first-order valence-corrected chi connectivity index (χ1v) is 9.60. The van der Waals surface area contributed by atoms with Crippen LogP contribution >= 0.6 is 23.1 Å². The maximum absolute atomic E-state index is 12.3. The molecule has 1 heterocycles. The van der Waals surface area contributed by atoms with Crippen molar-refractivity contribution in [3.05, 3.63) is 46.5 Å². The van der Waals surface area contributed by atoms with Gasteiger partial charge in [0.25, 0.3) is 0 Å². The number of hydroxylamine groups is 1. The van der Waals surface area contributed by atoms with Crippen LogP contribution in [0.2, 0.25) is 0 Å². The van der Waals surface area contributed by atoms with Gasteiger partial charge in [-0.1, -0.05) is 18.2 Å². The van der Waals surface area contributed by atoms with Crippen LogP contribution in [0.1, 0.15) is 37.0 Å². The third-order valence-corrected chi connectivity index (χ3v) is 6.23. The molecule has 5 heteroatoms. The first-order valence-electron chi connectivity index (χ1n) is 7.97.